The average molecular weight is 565 g/mol. The number of anilines is 1. The monoisotopic (exact) mass is 564 g/mol. The van der Waals surface area contributed by atoms with Gasteiger partial charge in [0.25, 0.3) is 0 Å². The summed E-state index contributed by atoms with van der Waals surface area (Å²) in [4.78, 5) is 27.1. The van der Waals surface area contributed by atoms with Gasteiger partial charge in [-0.2, -0.15) is 0 Å². The molecule has 3 aliphatic heterocycles. The van der Waals surface area contributed by atoms with E-state index in [-0.39, 0.29) is 23.8 Å². The van der Waals surface area contributed by atoms with Crippen LogP contribution in [0.25, 0.3) is 0 Å². The largest absolute Gasteiger partial charge is 0.495 e. The zero-order valence-electron chi connectivity index (χ0n) is 23.1. The van der Waals surface area contributed by atoms with E-state index in [2.05, 4.69) is 5.32 Å². The van der Waals surface area contributed by atoms with Gasteiger partial charge >= 0.3 is 6.09 Å². The Morgan fingerprint density at radius 3 is 2.64 bits per heavy atom. The number of allylic oxidation sites excluding steroid dienone is 3. The number of benzene rings is 1. The number of hydrogen-bond donors (Lipinski definition) is 3. The molecule has 0 spiro atoms. The second-order valence-corrected chi connectivity index (χ2v) is 11.2. The van der Waals surface area contributed by atoms with E-state index in [0.29, 0.717) is 17.9 Å². The summed E-state index contributed by atoms with van der Waals surface area (Å²) in [7, 11) is 4.56. The molecular formula is C28H37ClN2O8. The Balaban J connectivity index is 1.74. The Hall–Kier alpha value is -2.63. The van der Waals surface area contributed by atoms with Crippen molar-refractivity contribution >= 4 is 29.3 Å². The summed E-state index contributed by atoms with van der Waals surface area (Å²) in [6.45, 7) is 5.48. The lowest BCUT2D eigenvalue weighted by Gasteiger charge is -2.42. The summed E-state index contributed by atoms with van der Waals surface area (Å²) < 4.78 is 22.4. The SMILES string of the molecule is COc1cc2cc(c1Cl)N(C)C(=O)CC(O)C1(C)OC1C(C)C1CC(O)(NC(=O)O1)C(OC)C=CC=C(C)C2. The van der Waals surface area contributed by atoms with Gasteiger partial charge in [-0.05, 0) is 38.0 Å². The maximum atomic E-state index is 13.3. The van der Waals surface area contributed by atoms with Gasteiger partial charge in [0.2, 0.25) is 5.91 Å². The lowest BCUT2D eigenvalue weighted by molar-refractivity contribution is -0.142. The van der Waals surface area contributed by atoms with Crippen molar-refractivity contribution in [3.63, 3.8) is 0 Å². The van der Waals surface area contributed by atoms with Crippen LogP contribution in [-0.4, -0.2) is 79.2 Å². The summed E-state index contributed by atoms with van der Waals surface area (Å²) in [5.74, 6) is -0.323. The topological polar surface area (TPSA) is 130 Å². The maximum Gasteiger partial charge on any atom is 0.409 e. The van der Waals surface area contributed by atoms with Crippen molar-refractivity contribution < 1.29 is 38.7 Å². The fourth-order valence-corrected chi connectivity index (χ4v) is 5.78. The first-order valence-electron chi connectivity index (χ1n) is 12.9. The molecule has 3 aliphatic rings. The van der Waals surface area contributed by atoms with Crippen molar-refractivity contribution in [2.45, 2.75) is 75.8 Å². The maximum absolute atomic E-state index is 13.3. The number of carbonyl (C=O) groups is 2. The van der Waals surface area contributed by atoms with Gasteiger partial charge in [-0.15, -0.1) is 0 Å². The third-order valence-corrected chi connectivity index (χ3v) is 8.36. The lowest BCUT2D eigenvalue weighted by Crippen LogP contribution is -2.63. The van der Waals surface area contributed by atoms with E-state index in [1.807, 2.05) is 32.1 Å². The molecule has 2 amide bonds. The number of alkyl carbamates (subject to hydrolysis) is 1. The standard InChI is InChI=1S/C28H37ClN2O8/c1-15-8-7-9-22(37-6)28(35)14-20(38-26(34)30-28)16(2)25-27(3,39-25)21(32)13-23(33)31(4)18-11-17(10-15)12-19(36-5)24(18)29/h7-9,11-12,16,20-22,25,32,35H,10,13-14H2,1-6H3,(H,30,34). The Morgan fingerprint density at radius 2 is 1.97 bits per heavy atom. The van der Waals surface area contributed by atoms with Crippen molar-refractivity contribution in [3.8, 4) is 5.75 Å². The van der Waals surface area contributed by atoms with E-state index in [1.54, 1.807) is 26.1 Å². The molecular weight excluding hydrogens is 528 g/mol. The minimum atomic E-state index is -1.73. The minimum Gasteiger partial charge on any atom is -0.495 e. The quantitative estimate of drug-likeness (QED) is 0.467. The number of aliphatic hydroxyl groups is 2. The zero-order valence-corrected chi connectivity index (χ0v) is 23.8. The zero-order chi connectivity index (χ0) is 28.7. The summed E-state index contributed by atoms with van der Waals surface area (Å²) in [5, 5.41) is 25.3. The molecule has 7 atom stereocenters. The minimum absolute atomic E-state index is 0.0310. The van der Waals surface area contributed by atoms with Gasteiger partial charge in [-0.3, -0.25) is 10.1 Å². The van der Waals surface area contributed by atoms with Crippen molar-refractivity contribution in [2.75, 3.05) is 26.2 Å². The van der Waals surface area contributed by atoms with Crippen LogP contribution in [0.5, 0.6) is 5.75 Å². The van der Waals surface area contributed by atoms with Crippen LogP contribution >= 0.6 is 11.6 Å². The van der Waals surface area contributed by atoms with Crippen molar-refractivity contribution in [1.82, 2.24) is 5.32 Å². The number of nitrogens with one attached hydrogen (secondary N) is 1. The first-order valence-corrected chi connectivity index (χ1v) is 13.3. The molecule has 0 aromatic heterocycles. The van der Waals surface area contributed by atoms with Crippen LogP contribution in [0.15, 0.2) is 35.9 Å². The molecule has 4 rings (SSSR count). The van der Waals surface area contributed by atoms with Crippen molar-refractivity contribution in [3.05, 3.63) is 46.5 Å². The van der Waals surface area contributed by atoms with Gasteiger partial charge in [0.1, 0.15) is 28.6 Å². The molecule has 10 nitrogen and oxygen atoms in total. The first kappa shape index (κ1) is 29.4. The molecule has 4 bridgehead atoms. The van der Waals surface area contributed by atoms with Crippen LogP contribution < -0.4 is 15.0 Å². The molecule has 0 aliphatic carbocycles. The number of hydrogen-bond acceptors (Lipinski definition) is 8. The number of rotatable bonds is 2. The Labute approximate surface area is 233 Å². The van der Waals surface area contributed by atoms with Crippen LogP contribution in [0.1, 0.15) is 39.2 Å². The third kappa shape index (κ3) is 5.81. The number of ether oxygens (including phenoxy) is 4. The van der Waals surface area contributed by atoms with Gasteiger partial charge in [0, 0.05) is 26.5 Å². The normalized spacial score (nSPS) is 35.5. The molecule has 1 aromatic carbocycles. The average Bonchev–Trinajstić information content (AvgIpc) is 3.58. The Morgan fingerprint density at radius 1 is 1.26 bits per heavy atom. The van der Waals surface area contributed by atoms with Gasteiger partial charge in [0.15, 0.2) is 5.72 Å². The van der Waals surface area contributed by atoms with Gasteiger partial charge in [-0.1, -0.05) is 42.3 Å². The smallest absolute Gasteiger partial charge is 0.409 e. The van der Waals surface area contributed by atoms with E-state index in [4.69, 9.17) is 30.5 Å². The first-order chi connectivity index (χ1) is 18.3. The van der Waals surface area contributed by atoms with Crippen LogP contribution in [0.4, 0.5) is 10.5 Å². The van der Waals surface area contributed by atoms with Crippen LogP contribution in [-0.2, 0) is 25.4 Å². The number of epoxide rings is 1. The highest BCUT2D eigenvalue weighted by Crippen LogP contribution is 2.48. The highest BCUT2D eigenvalue weighted by atomic mass is 35.5. The van der Waals surface area contributed by atoms with E-state index in [9.17, 15) is 19.8 Å². The predicted molar refractivity (Wildman–Crippen MR) is 145 cm³/mol. The number of halogens is 1. The van der Waals surface area contributed by atoms with E-state index in [1.165, 1.54) is 19.1 Å². The number of aliphatic hydroxyl groups excluding tert-OH is 1. The highest BCUT2D eigenvalue weighted by Gasteiger charge is 2.62. The molecule has 2 saturated heterocycles. The predicted octanol–water partition coefficient (Wildman–Crippen LogP) is 3.12. The number of amides is 2. The molecule has 2 fully saturated rings. The van der Waals surface area contributed by atoms with Crippen molar-refractivity contribution in [2.24, 2.45) is 5.92 Å². The molecule has 3 N–H and O–H groups in total. The van der Waals surface area contributed by atoms with Crippen LogP contribution in [0.2, 0.25) is 5.02 Å². The van der Waals surface area contributed by atoms with Gasteiger partial charge in [-0.25, -0.2) is 4.79 Å². The molecule has 7 unspecified atom stereocenters. The fourth-order valence-electron chi connectivity index (χ4n) is 5.46. The third-order valence-electron chi connectivity index (χ3n) is 7.98. The Kier molecular flexibility index (Phi) is 8.35. The highest BCUT2D eigenvalue weighted by molar-refractivity contribution is 6.35. The lowest BCUT2D eigenvalue weighted by atomic mass is 9.84. The molecule has 3 heterocycles. The molecule has 11 heteroatoms. The molecule has 214 valence electrons. The second kappa shape index (κ2) is 11.1. The number of fused-ring (bicyclic) bond motifs is 5. The van der Waals surface area contributed by atoms with E-state index in [0.717, 1.165) is 11.1 Å². The summed E-state index contributed by atoms with van der Waals surface area (Å²) in [5.41, 5.74) is -0.479. The van der Waals surface area contributed by atoms with Gasteiger partial charge < -0.3 is 34.1 Å². The summed E-state index contributed by atoms with van der Waals surface area (Å²) >= 11 is 6.58. The van der Waals surface area contributed by atoms with Crippen LogP contribution in [0, 0.1) is 5.92 Å². The summed E-state index contributed by atoms with van der Waals surface area (Å²) in [6.07, 6.45) is 1.63. The molecule has 0 radical (unpaired) electrons. The number of methoxy groups -OCH3 is 2. The van der Waals surface area contributed by atoms with E-state index < -0.39 is 47.8 Å². The van der Waals surface area contributed by atoms with Crippen molar-refractivity contribution in [1.29, 1.82) is 0 Å². The molecule has 1 aromatic rings. The van der Waals surface area contributed by atoms with E-state index >= 15 is 0 Å². The second-order valence-electron chi connectivity index (χ2n) is 10.8. The van der Waals surface area contributed by atoms with Gasteiger partial charge in [0.05, 0.1) is 31.4 Å². The van der Waals surface area contributed by atoms with Crippen LogP contribution in [0.3, 0.4) is 0 Å². The summed E-state index contributed by atoms with van der Waals surface area (Å²) in [6, 6.07) is 3.63. The fraction of sp³-hybridized carbons (Fsp3) is 0.571. The molecule has 39 heavy (non-hydrogen) atoms. The number of nitrogens with zero attached hydrogens (tertiary/aromatic N) is 1. The molecule has 0 saturated carbocycles. The Bertz CT molecular complexity index is 1190. The number of carbonyl (C=O) groups excluding carboxylic acids is 2.